The Kier molecular flexibility index (Phi) is 4.06. The van der Waals surface area contributed by atoms with Crippen molar-refractivity contribution in [2.45, 2.75) is 25.4 Å². The lowest BCUT2D eigenvalue weighted by atomic mass is 10.0. The lowest BCUT2D eigenvalue weighted by Gasteiger charge is -2.11. The molecular weight excluding hydrogens is 285 g/mol. The van der Waals surface area contributed by atoms with Crippen LogP contribution in [0.25, 0.3) is 11.3 Å². The summed E-state index contributed by atoms with van der Waals surface area (Å²) in [5.41, 5.74) is -0.837. The van der Waals surface area contributed by atoms with Crippen LogP contribution in [0.2, 0.25) is 0 Å². The summed E-state index contributed by atoms with van der Waals surface area (Å²) in [6.07, 6.45) is -4.62. The average molecular weight is 298 g/mol. The zero-order valence-electron chi connectivity index (χ0n) is 11.1. The third kappa shape index (κ3) is 3.45. The van der Waals surface area contributed by atoms with Gasteiger partial charge in [0, 0.05) is 11.5 Å². The number of hydrogen-bond donors (Lipinski definition) is 1. The lowest BCUT2D eigenvalue weighted by molar-refractivity contribution is -0.138. The van der Waals surface area contributed by atoms with Crippen molar-refractivity contribution in [2.24, 2.45) is 0 Å². The van der Waals surface area contributed by atoms with Gasteiger partial charge in [0.25, 0.3) is 0 Å². The van der Waals surface area contributed by atoms with E-state index < -0.39 is 23.6 Å². The maximum atomic E-state index is 13.0. The Balaban J connectivity index is 2.37. The maximum Gasteiger partial charge on any atom is 0.417 e. The van der Waals surface area contributed by atoms with Crippen molar-refractivity contribution in [2.75, 3.05) is 0 Å². The number of halogens is 3. The van der Waals surface area contributed by atoms with Gasteiger partial charge < -0.3 is 9.52 Å². The third-order valence-electron chi connectivity index (χ3n) is 3.09. The van der Waals surface area contributed by atoms with Gasteiger partial charge in [-0.3, -0.25) is 4.79 Å². The topological polar surface area (TPSA) is 50.4 Å². The highest BCUT2D eigenvalue weighted by atomic mass is 19.4. The second-order valence-electron chi connectivity index (χ2n) is 4.74. The van der Waals surface area contributed by atoms with Crippen LogP contribution in [0.1, 0.15) is 30.6 Å². The van der Waals surface area contributed by atoms with Crippen LogP contribution < -0.4 is 0 Å². The van der Waals surface area contributed by atoms with Gasteiger partial charge in [-0.15, -0.1) is 0 Å². The molecule has 0 spiro atoms. The first-order valence-electron chi connectivity index (χ1n) is 6.27. The molecule has 1 aromatic carbocycles. The monoisotopic (exact) mass is 298 g/mol. The van der Waals surface area contributed by atoms with Crippen molar-refractivity contribution in [3.63, 3.8) is 0 Å². The molecule has 0 radical (unpaired) electrons. The smallest absolute Gasteiger partial charge is 0.417 e. The predicted octanol–water partition coefficient (Wildman–Crippen LogP) is 4.54. The summed E-state index contributed by atoms with van der Waals surface area (Å²) in [5, 5.41) is 8.73. The molecule has 0 fully saturated rings. The van der Waals surface area contributed by atoms with E-state index in [9.17, 15) is 18.0 Å². The Morgan fingerprint density at radius 2 is 1.90 bits per heavy atom. The van der Waals surface area contributed by atoms with Gasteiger partial charge in [0.1, 0.15) is 11.5 Å². The normalized spacial score (nSPS) is 13.1. The summed E-state index contributed by atoms with van der Waals surface area (Å²) >= 11 is 0. The highest BCUT2D eigenvalue weighted by Crippen LogP contribution is 2.38. The first-order chi connectivity index (χ1) is 9.79. The van der Waals surface area contributed by atoms with Crippen molar-refractivity contribution in [1.82, 2.24) is 0 Å². The van der Waals surface area contributed by atoms with E-state index in [4.69, 9.17) is 9.52 Å². The van der Waals surface area contributed by atoms with Crippen LogP contribution in [0.15, 0.2) is 40.8 Å². The van der Waals surface area contributed by atoms with Crippen LogP contribution in [0, 0.1) is 0 Å². The van der Waals surface area contributed by atoms with Crippen LogP contribution >= 0.6 is 0 Å². The molecule has 0 amide bonds. The van der Waals surface area contributed by atoms with E-state index in [-0.39, 0.29) is 17.7 Å². The molecule has 0 aliphatic heterocycles. The fourth-order valence-corrected chi connectivity index (χ4v) is 2.07. The number of hydrogen-bond acceptors (Lipinski definition) is 2. The third-order valence-corrected chi connectivity index (χ3v) is 3.09. The summed E-state index contributed by atoms with van der Waals surface area (Å²) in [5.74, 6) is -0.968. The van der Waals surface area contributed by atoms with Crippen LogP contribution in [-0.2, 0) is 11.0 Å². The largest absolute Gasteiger partial charge is 0.481 e. The fourth-order valence-electron chi connectivity index (χ4n) is 2.07. The highest BCUT2D eigenvalue weighted by Gasteiger charge is 2.34. The van der Waals surface area contributed by atoms with Gasteiger partial charge in [0.05, 0.1) is 12.0 Å². The summed E-state index contributed by atoms with van der Waals surface area (Å²) in [7, 11) is 0. The number of carbonyl (C=O) groups is 1. The van der Waals surface area contributed by atoms with Crippen molar-refractivity contribution in [3.8, 4) is 11.3 Å². The van der Waals surface area contributed by atoms with E-state index in [0.717, 1.165) is 6.07 Å². The number of alkyl halides is 3. The standard InChI is InChI=1S/C15H13F3O3/c1-9(8-14(19)20)12-6-7-13(21-12)10-4-2-3-5-11(10)15(16,17)18/h2-7,9H,8H2,1H3,(H,19,20). The van der Waals surface area contributed by atoms with E-state index in [1.54, 1.807) is 6.92 Å². The minimum absolute atomic E-state index is 0.0567. The van der Waals surface area contributed by atoms with Crippen molar-refractivity contribution < 1.29 is 27.5 Å². The van der Waals surface area contributed by atoms with Gasteiger partial charge in [0.15, 0.2) is 0 Å². The molecule has 3 nitrogen and oxygen atoms in total. The molecule has 0 saturated carbocycles. The zero-order valence-corrected chi connectivity index (χ0v) is 11.1. The fraction of sp³-hybridized carbons (Fsp3) is 0.267. The molecular formula is C15H13F3O3. The van der Waals surface area contributed by atoms with Crippen molar-refractivity contribution in [3.05, 3.63) is 47.7 Å². The minimum atomic E-state index is -4.48. The molecule has 0 aliphatic rings. The van der Waals surface area contributed by atoms with E-state index in [1.165, 1.54) is 30.3 Å². The summed E-state index contributed by atoms with van der Waals surface area (Å²) < 4.78 is 44.3. The molecule has 6 heteroatoms. The number of aliphatic carboxylic acids is 1. The first-order valence-corrected chi connectivity index (χ1v) is 6.27. The summed E-state index contributed by atoms with van der Waals surface area (Å²) in [4.78, 5) is 10.7. The van der Waals surface area contributed by atoms with Crippen LogP contribution in [0.3, 0.4) is 0 Å². The number of carboxylic acid groups (broad SMARTS) is 1. The van der Waals surface area contributed by atoms with Crippen LogP contribution in [0.4, 0.5) is 13.2 Å². The van der Waals surface area contributed by atoms with Crippen LogP contribution in [0.5, 0.6) is 0 Å². The molecule has 1 heterocycles. The summed E-state index contributed by atoms with van der Waals surface area (Å²) in [6.45, 7) is 1.65. The Morgan fingerprint density at radius 1 is 1.24 bits per heavy atom. The SMILES string of the molecule is CC(CC(=O)O)c1ccc(-c2ccccc2C(F)(F)F)o1. The Morgan fingerprint density at radius 3 is 2.52 bits per heavy atom. The summed E-state index contributed by atoms with van der Waals surface area (Å²) in [6, 6.07) is 8.05. The molecule has 2 rings (SSSR count). The van der Waals surface area contributed by atoms with Crippen molar-refractivity contribution >= 4 is 5.97 Å². The van der Waals surface area contributed by atoms with E-state index >= 15 is 0 Å². The first kappa shape index (κ1) is 15.2. The number of benzene rings is 1. The molecule has 2 aromatic rings. The Bertz CT molecular complexity index is 644. The number of rotatable bonds is 4. The van der Waals surface area contributed by atoms with E-state index in [2.05, 4.69) is 0 Å². The molecule has 1 N–H and O–H groups in total. The zero-order chi connectivity index (χ0) is 15.6. The van der Waals surface area contributed by atoms with Crippen molar-refractivity contribution in [1.29, 1.82) is 0 Å². The molecule has 0 bridgehead atoms. The molecule has 0 saturated heterocycles. The second kappa shape index (κ2) is 5.63. The molecule has 1 atom stereocenters. The highest BCUT2D eigenvalue weighted by molar-refractivity contribution is 5.68. The Labute approximate surface area is 119 Å². The molecule has 21 heavy (non-hydrogen) atoms. The number of carboxylic acids is 1. The van der Waals surface area contributed by atoms with Gasteiger partial charge in [-0.25, -0.2) is 0 Å². The van der Waals surface area contributed by atoms with Crippen LogP contribution in [-0.4, -0.2) is 11.1 Å². The lowest BCUT2D eigenvalue weighted by Crippen LogP contribution is -2.06. The second-order valence-corrected chi connectivity index (χ2v) is 4.74. The van der Waals surface area contributed by atoms with E-state index in [0.29, 0.717) is 5.76 Å². The van der Waals surface area contributed by atoms with Gasteiger partial charge in [0.2, 0.25) is 0 Å². The van der Waals surface area contributed by atoms with Gasteiger partial charge >= 0.3 is 12.1 Å². The molecule has 0 aliphatic carbocycles. The minimum Gasteiger partial charge on any atom is -0.481 e. The van der Waals surface area contributed by atoms with Gasteiger partial charge in [-0.1, -0.05) is 25.1 Å². The van der Waals surface area contributed by atoms with E-state index in [1.807, 2.05) is 0 Å². The Hall–Kier alpha value is -2.24. The quantitative estimate of drug-likeness (QED) is 0.901. The average Bonchev–Trinajstić information content (AvgIpc) is 2.86. The molecule has 1 unspecified atom stereocenters. The maximum absolute atomic E-state index is 13.0. The number of furan rings is 1. The van der Waals surface area contributed by atoms with Gasteiger partial charge in [-0.05, 0) is 18.2 Å². The van der Waals surface area contributed by atoms with Gasteiger partial charge in [-0.2, -0.15) is 13.2 Å². The molecule has 112 valence electrons. The predicted molar refractivity (Wildman–Crippen MR) is 69.8 cm³/mol. The molecule has 1 aromatic heterocycles.